The zero-order chi connectivity index (χ0) is 88.4. The fourth-order valence-corrected chi connectivity index (χ4v) is 39.6. The number of aromatic nitrogens is 7. The molecule has 0 aliphatic rings. The first-order valence-electron chi connectivity index (χ1n) is 41.3. The molecule has 0 amide bonds. The molecule has 23 nitrogen and oxygen atoms in total. The summed E-state index contributed by atoms with van der Waals surface area (Å²) in [4.78, 5) is 46.7. The maximum Gasteiger partial charge on any atom is 1.00 e. The van der Waals surface area contributed by atoms with E-state index < -0.39 is 82.1 Å². The van der Waals surface area contributed by atoms with Gasteiger partial charge < -0.3 is 41.2 Å². The van der Waals surface area contributed by atoms with Gasteiger partial charge in [-0.1, -0.05) is 162 Å². The van der Waals surface area contributed by atoms with E-state index in [4.69, 9.17) is 0 Å². The Balaban J connectivity index is 0.000000168. The molecule has 0 saturated carbocycles. The summed E-state index contributed by atoms with van der Waals surface area (Å²) in [6, 6.07) is 77.5. The Kier molecular flexibility index (Phi) is 30.8. The molecule has 652 valence electrons. The molecule has 129 heavy (non-hydrogen) atoms. The Morgan fingerprint density at radius 1 is 0.326 bits per heavy atom. The van der Waals surface area contributed by atoms with Gasteiger partial charge in [0, 0.05) is 101 Å². The Morgan fingerprint density at radius 3 is 1.01 bits per heavy atom. The third-order valence-corrected chi connectivity index (χ3v) is 45.7. The zero-order valence-corrected chi connectivity index (χ0v) is 78.8. The Labute approximate surface area is 776 Å². The summed E-state index contributed by atoms with van der Waals surface area (Å²) in [5.41, 5.74) is 10.5. The van der Waals surface area contributed by atoms with Crippen molar-refractivity contribution in [2.75, 3.05) is 0 Å². The molecule has 0 spiro atoms. The summed E-state index contributed by atoms with van der Waals surface area (Å²) in [6.45, 7) is 14.4. The van der Waals surface area contributed by atoms with Crippen LogP contribution < -0.4 is 41.3 Å². The number of carboxylic acids is 3. The third-order valence-electron chi connectivity index (χ3n) is 23.2. The zero-order valence-electron chi connectivity index (χ0n) is 72.7. The smallest absolute Gasteiger partial charge is 0.870 e. The number of carbonyl (C=O) groups is 3. The summed E-state index contributed by atoms with van der Waals surface area (Å²) in [6.07, 6.45) is 14.4. The van der Waals surface area contributed by atoms with Crippen molar-refractivity contribution in [3.63, 3.8) is 0 Å². The van der Waals surface area contributed by atoms with Crippen LogP contribution in [0.5, 0.6) is 0 Å². The first-order valence-corrected chi connectivity index (χ1v) is 54.5. The predicted octanol–water partition coefficient (Wildman–Crippen LogP) is 16.0. The molecular formula is C99H95Li2N7O16S4Sn. The maximum atomic E-state index is 14.0. The minimum absolute atomic E-state index is 0. The number of fused-ring (bicyclic) bond motifs is 7. The van der Waals surface area contributed by atoms with Crippen molar-refractivity contribution in [3.8, 4) is 33.4 Å². The molecule has 0 radical (unpaired) electrons. The van der Waals surface area contributed by atoms with E-state index in [0.717, 1.165) is 83.5 Å². The Morgan fingerprint density at radius 2 is 0.628 bits per heavy atom. The summed E-state index contributed by atoms with van der Waals surface area (Å²) < 4.78 is 120. The van der Waals surface area contributed by atoms with Crippen molar-refractivity contribution in [2.24, 2.45) is 0 Å². The van der Waals surface area contributed by atoms with Crippen LogP contribution in [0, 0.1) is 27.7 Å². The van der Waals surface area contributed by atoms with E-state index in [0.29, 0.717) is 43.2 Å². The number of aromatic amines is 3. The van der Waals surface area contributed by atoms with E-state index in [1.165, 1.54) is 103 Å². The third kappa shape index (κ3) is 18.8. The largest absolute Gasteiger partial charge is 1.00 e. The Hall–Kier alpha value is -11.7. The number of rotatable bonds is 24. The summed E-state index contributed by atoms with van der Waals surface area (Å²) >= 11 is -2.81. The molecule has 0 atom stereocenters. The fourth-order valence-electron chi connectivity index (χ4n) is 16.9. The number of carboxylic acid groups (broad SMARTS) is 3. The number of hydrogen-bond acceptors (Lipinski definition) is 13. The van der Waals surface area contributed by atoms with E-state index >= 15 is 0 Å². The molecule has 0 bridgehead atoms. The first-order chi connectivity index (χ1) is 60.1. The number of nitrogens with zero attached hydrogens (tertiary/aromatic N) is 4. The van der Waals surface area contributed by atoms with E-state index in [-0.39, 0.29) is 91.4 Å². The standard InChI is InChI=1S/C31H24N2O6S2.C24H18N2O4S.C17H12N2O2.C15H12NO2S.3C4H9.2Li.2H2O.Sn/c1-20-11-15-22(16-12-20)40(36,37)32-19-26(24-7-3-5-9-27(24)32)29-25-8-4-6-10-28(25)33(30(29)31(34)35)41(38,39)23-17-13-21(2)14-18-23;1-15-10-12-16(13-11-15)31(29,30)26-21-9-5-3-7-18(21)22(23(26)24(27)28)19-14-25-20-8-4-2-6-17(19)20;20-17(21)16-15(11-6-2-4-8-14(11)19-16)12-9-18-13-7-3-1-5-10(12)13;1-12-6-8-14(9-7-12)19(17,18)16-11-10-13-4-2-3-5-15(13)16;3*1-3-4-2;;;;;/h3-19H,1-2H3,(H,34,35);2-14,25H,1H3,(H,27,28);1-9,18-19H,(H,20,21);2-9,11H,1H3;3*1,3-4H2,2H3;;;2*1H2;/q;;;;;;;2*+1;;;/p-2. The molecule has 0 unspecified atom stereocenters. The van der Waals surface area contributed by atoms with Gasteiger partial charge in [0.2, 0.25) is 0 Å². The molecule has 0 saturated heterocycles. The van der Waals surface area contributed by atoms with Gasteiger partial charge in [0.1, 0.15) is 5.69 Å². The summed E-state index contributed by atoms with van der Waals surface area (Å²) in [5, 5.41) is 35.5. The van der Waals surface area contributed by atoms with Crippen molar-refractivity contribution in [2.45, 2.75) is 120 Å². The average Bonchev–Trinajstić information content (AvgIpc) is 1.56. The maximum absolute atomic E-state index is 14.0. The summed E-state index contributed by atoms with van der Waals surface area (Å²) in [7, 11) is -16.2. The minimum atomic E-state index is -4.36. The van der Waals surface area contributed by atoms with Gasteiger partial charge in [0.05, 0.1) is 31.2 Å². The van der Waals surface area contributed by atoms with Crippen molar-refractivity contribution in [1.82, 2.24) is 30.8 Å². The van der Waals surface area contributed by atoms with Crippen LogP contribution >= 0.6 is 0 Å². The van der Waals surface area contributed by atoms with Crippen LogP contribution in [0.1, 0.15) is 113 Å². The predicted molar refractivity (Wildman–Crippen MR) is 504 cm³/mol. The van der Waals surface area contributed by atoms with Gasteiger partial charge in [0.15, 0.2) is 11.4 Å². The van der Waals surface area contributed by atoms with Gasteiger partial charge >= 0.3 is 256 Å². The SMILES string of the molecule is CCC[CH2][Sn]([CH2]CCC)([CH2]CCC)[c]1cn(S(=O)(=O)c2ccc(C)cc2)c2ccccc12.Cc1ccc(S(=O)(=O)n2c(C(=O)O)c(-c3c[nH]c4ccccc34)c3ccccc32)cc1.Cc1ccc(S(=O)(=O)n2cc(-c3c(C(=O)O)n(S(=O)(=O)c4ccc(C)cc4)c4ccccc34)c3ccccc32)cc1.O=C(O)c1[nH]c2ccccc2c1-c1c[nH]c2ccccc12.[Li+].[Li+].[OH-].[OH-]. The van der Waals surface area contributed by atoms with Crippen molar-refractivity contribution in [1.29, 1.82) is 0 Å². The molecular weight excluding hydrogens is 1800 g/mol. The average molecular weight is 1900 g/mol. The quantitative estimate of drug-likeness (QED) is 0.0306. The number of unbranched alkanes of at least 4 members (excludes halogenated alkanes) is 3. The topological polar surface area (TPSA) is 376 Å². The van der Waals surface area contributed by atoms with Gasteiger partial charge in [-0.3, -0.25) is 0 Å². The van der Waals surface area contributed by atoms with Crippen molar-refractivity contribution in [3.05, 3.63) is 331 Å². The monoisotopic (exact) mass is 1900 g/mol. The van der Waals surface area contributed by atoms with E-state index in [1.54, 1.807) is 131 Å². The molecule has 11 aromatic carbocycles. The van der Waals surface area contributed by atoms with E-state index in [9.17, 15) is 63.4 Å². The van der Waals surface area contributed by atoms with Gasteiger partial charge in [-0.25, -0.2) is 51.6 Å². The van der Waals surface area contributed by atoms with E-state index in [2.05, 4.69) is 54.1 Å². The van der Waals surface area contributed by atoms with Crippen LogP contribution in [0.2, 0.25) is 13.3 Å². The number of aryl methyl sites for hydroxylation is 4. The van der Waals surface area contributed by atoms with Gasteiger partial charge in [-0.15, -0.1) is 0 Å². The van der Waals surface area contributed by atoms with Crippen molar-refractivity contribution < 1.29 is 112 Å². The molecule has 0 aliphatic carbocycles. The number of H-pyrrole nitrogens is 3. The van der Waals surface area contributed by atoms with Crippen LogP contribution in [-0.2, 0) is 40.1 Å². The second-order valence-electron chi connectivity index (χ2n) is 31.4. The van der Waals surface area contributed by atoms with Gasteiger partial charge in [-0.2, -0.15) is 0 Å². The van der Waals surface area contributed by atoms with Crippen LogP contribution in [-0.4, -0.2) is 127 Å². The fraction of sp³-hybridized carbons (Fsp3) is 0.162. The molecule has 7 aromatic heterocycles. The first kappa shape index (κ1) is 97.9. The number of benzene rings is 11. The number of para-hydroxylation sites is 7. The normalized spacial score (nSPS) is 11.7. The molecule has 18 aromatic rings. The van der Waals surface area contributed by atoms with Crippen LogP contribution in [0.15, 0.2) is 311 Å². The number of aromatic carboxylic acids is 3. The molecule has 0 fully saturated rings. The molecule has 30 heteroatoms. The van der Waals surface area contributed by atoms with Crippen LogP contribution in [0.3, 0.4) is 0 Å². The van der Waals surface area contributed by atoms with Crippen LogP contribution in [0.25, 0.3) is 110 Å². The molecule has 0 aliphatic heterocycles. The Bertz CT molecular complexity index is 7650. The van der Waals surface area contributed by atoms with Gasteiger partial charge in [0.25, 0.3) is 30.1 Å². The molecule has 18 rings (SSSR count). The number of hydrogen-bond donors (Lipinski definition) is 6. The second kappa shape index (κ2) is 40.6. The van der Waals surface area contributed by atoms with E-state index in [1.807, 2.05) is 131 Å². The van der Waals surface area contributed by atoms with Crippen LogP contribution in [0.4, 0.5) is 0 Å². The second-order valence-corrected chi connectivity index (χ2v) is 51.7. The van der Waals surface area contributed by atoms with Gasteiger partial charge in [-0.05, 0) is 93.6 Å². The molecule has 7 heterocycles. The minimum Gasteiger partial charge on any atom is -0.870 e. The number of nitrogens with one attached hydrogen (secondary N) is 3. The summed E-state index contributed by atoms with van der Waals surface area (Å²) in [5.74, 6) is -3.73. The molecule has 8 N–H and O–H groups in total. The van der Waals surface area contributed by atoms with Crippen molar-refractivity contribution >= 4 is 156 Å².